The zero-order valence-corrected chi connectivity index (χ0v) is 32.5. The number of benzene rings is 2. The normalized spacial score (nSPS) is 24.3. The van der Waals surface area contributed by atoms with E-state index in [1.165, 1.54) is 16.7 Å². The van der Waals surface area contributed by atoms with Gasteiger partial charge >= 0.3 is 12.0 Å². The Kier molecular flexibility index (Phi) is 16.4. The average molecular weight is 774 g/mol. The standard InChI is InChI=1S/C23H34N4O6.C11H13N3O2.C7H8/c1-14-12-18-23(32)33-11-8-19(28)25-10-5-7-17(25)22(31)26-9-4-3-6-16(26)20(29)24-15(2)21(30)27(18)13-14;12-10(15)8-14-11(16)13-7-6-9-4-2-1-3-5-9;1-7-5-3-2-4-6-7/h14-18H,3-13H2,1-2H3,(H,24,29);1-7H,8H2,(H2,12,15)(H2,13,14,16);2-6H,1H3/b;7-6+;. The zero-order valence-electron chi connectivity index (χ0n) is 32.5. The van der Waals surface area contributed by atoms with Crippen molar-refractivity contribution in [1.29, 1.82) is 0 Å². The third-order valence-corrected chi connectivity index (χ3v) is 9.95. The van der Waals surface area contributed by atoms with Gasteiger partial charge in [-0.2, -0.15) is 0 Å². The number of fused-ring (bicyclic) bond motifs is 3. The molecule has 0 aromatic heterocycles. The molecule has 0 aliphatic carbocycles. The van der Waals surface area contributed by atoms with Crippen LogP contribution >= 0.6 is 0 Å². The zero-order chi connectivity index (χ0) is 40.6. The summed E-state index contributed by atoms with van der Waals surface area (Å²) in [6.07, 6.45) is 7.11. The number of carbonyl (C=O) groups excluding carboxylic acids is 7. The highest BCUT2D eigenvalue weighted by Crippen LogP contribution is 2.27. The highest BCUT2D eigenvalue weighted by Gasteiger charge is 2.44. The topological polar surface area (TPSA) is 201 Å². The number of nitrogens with one attached hydrogen (secondary N) is 3. The van der Waals surface area contributed by atoms with Gasteiger partial charge in [0.2, 0.25) is 29.5 Å². The molecule has 15 nitrogen and oxygen atoms in total. The van der Waals surface area contributed by atoms with E-state index < -0.39 is 42.1 Å². The van der Waals surface area contributed by atoms with E-state index in [0.29, 0.717) is 45.3 Å². The molecule has 4 aliphatic heterocycles. The van der Waals surface area contributed by atoms with Crippen LogP contribution in [0, 0.1) is 12.8 Å². The summed E-state index contributed by atoms with van der Waals surface area (Å²) in [6, 6.07) is 16.5. The number of cyclic esters (lactones) is 1. The van der Waals surface area contributed by atoms with Crippen molar-refractivity contribution >= 4 is 47.6 Å². The molecule has 0 radical (unpaired) electrons. The second kappa shape index (κ2) is 21.4. The van der Waals surface area contributed by atoms with Crippen LogP contribution in [-0.4, -0.2) is 113 Å². The smallest absolute Gasteiger partial charge is 0.328 e. The van der Waals surface area contributed by atoms with Crippen LogP contribution in [0.2, 0.25) is 0 Å². The molecule has 0 bridgehead atoms. The number of primary amides is 1. The highest BCUT2D eigenvalue weighted by atomic mass is 16.5. The van der Waals surface area contributed by atoms with Crippen LogP contribution in [0.5, 0.6) is 0 Å². The van der Waals surface area contributed by atoms with Gasteiger partial charge in [0.15, 0.2) is 0 Å². The van der Waals surface area contributed by atoms with Crippen molar-refractivity contribution in [3.63, 3.8) is 0 Å². The molecule has 4 saturated heterocycles. The molecule has 15 heteroatoms. The Bertz CT molecular complexity index is 1710. The Morgan fingerprint density at radius 3 is 2.16 bits per heavy atom. The fourth-order valence-corrected chi connectivity index (χ4v) is 7.12. The minimum absolute atomic E-state index is 0.00788. The van der Waals surface area contributed by atoms with Crippen LogP contribution in [0.3, 0.4) is 0 Å². The van der Waals surface area contributed by atoms with E-state index in [1.807, 2.05) is 55.5 Å². The van der Waals surface area contributed by atoms with Crippen molar-refractivity contribution < 1.29 is 38.3 Å². The maximum absolute atomic E-state index is 13.4. The Morgan fingerprint density at radius 2 is 1.50 bits per heavy atom. The van der Waals surface area contributed by atoms with Crippen molar-refractivity contribution in [3.05, 3.63) is 78.0 Å². The number of esters is 1. The molecule has 4 fully saturated rings. The SMILES string of the molecule is CC1CC2C(=O)OCCC(=O)N3CCCC3C(=O)N3CCCCC3C(=O)NC(C)C(=O)N2C1.Cc1ccccc1.NC(=O)CNC(=O)N/C=C/c1ccccc1. The van der Waals surface area contributed by atoms with Crippen LogP contribution < -0.4 is 21.7 Å². The van der Waals surface area contributed by atoms with Gasteiger partial charge < -0.3 is 41.1 Å². The molecule has 4 heterocycles. The van der Waals surface area contributed by atoms with E-state index in [2.05, 4.69) is 35.0 Å². The number of piperidine rings is 1. The number of hydrogen-bond donors (Lipinski definition) is 4. The molecule has 0 saturated carbocycles. The fraction of sp³-hybridized carbons (Fsp3) is 0.488. The quantitative estimate of drug-likeness (QED) is 0.340. The number of amides is 7. The first-order chi connectivity index (χ1) is 26.8. The first kappa shape index (κ1) is 43.0. The second-order valence-corrected chi connectivity index (χ2v) is 14.5. The summed E-state index contributed by atoms with van der Waals surface area (Å²) >= 11 is 0. The van der Waals surface area contributed by atoms with Gasteiger partial charge in [0.25, 0.3) is 0 Å². The minimum atomic E-state index is -0.825. The molecular formula is C41H55N7O8. The van der Waals surface area contributed by atoms with E-state index in [0.717, 1.165) is 18.4 Å². The maximum Gasteiger partial charge on any atom is 0.328 e. The van der Waals surface area contributed by atoms with E-state index in [4.69, 9.17) is 10.5 Å². The number of ether oxygens (including phenoxy) is 1. The molecule has 2 aromatic carbocycles. The first-order valence-electron chi connectivity index (χ1n) is 19.3. The van der Waals surface area contributed by atoms with E-state index in [9.17, 15) is 33.6 Å². The van der Waals surface area contributed by atoms with Gasteiger partial charge in [-0.15, -0.1) is 0 Å². The van der Waals surface area contributed by atoms with E-state index in [1.54, 1.807) is 22.8 Å². The van der Waals surface area contributed by atoms with Gasteiger partial charge in [-0.1, -0.05) is 73.2 Å². The first-order valence-corrected chi connectivity index (χ1v) is 19.3. The monoisotopic (exact) mass is 773 g/mol. The molecule has 0 spiro atoms. The van der Waals surface area contributed by atoms with Crippen molar-refractivity contribution in [2.75, 3.05) is 32.8 Å². The van der Waals surface area contributed by atoms with Gasteiger partial charge in [-0.3, -0.25) is 24.0 Å². The second-order valence-electron chi connectivity index (χ2n) is 14.5. The van der Waals surface area contributed by atoms with E-state index in [-0.39, 0.29) is 49.1 Å². The molecule has 2 aromatic rings. The summed E-state index contributed by atoms with van der Waals surface area (Å²) in [7, 11) is 0. The Morgan fingerprint density at radius 1 is 0.839 bits per heavy atom. The van der Waals surface area contributed by atoms with Gasteiger partial charge in [-0.25, -0.2) is 9.59 Å². The average Bonchev–Trinajstić information content (AvgIpc) is 3.85. The number of carbonyl (C=O) groups is 7. The lowest BCUT2D eigenvalue weighted by molar-refractivity contribution is -0.156. The Hall–Kier alpha value is -5.73. The van der Waals surface area contributed by atoms with Gasteiger partial charge in [0, 0.05) is 25.8 Å². The third-order valence-electron chi connectivity index (χ3n) is 9.95. The predicted molar refractivity (Wildman–Crippen MR) is 209 cm³/mol. The van der Waals surface area contributed by atoms with Crippen LogP contribution in [-0.2, 0) is 33.5 Å². The summed E-state index contributed by atoms with van der Waals surface area (Å²) < 4.78 is 5.38. The number of nitrogens with zero attached hydrogens (tertiary/aromatic N) is 3. The Balaban J connectivity index is 0.000000249. The summed E-state index contributed by atoms with van der Waals surface area (Å²) in [4.78, 5) is 91.4. The highest BCUT2D eigenvalue weighted by molar-refractivity contribution is 5.95. The number of hydrogen-bond acceptors (Lipinski definition) is 8. The summed E-state index contributed by atoms with van der Waals surface area (Å²) in [6.45, 7) is 6.74. The van der Waals surface area contributed by atoms with Crippen LogP contribution in [0.4, 0.5) is 4.79 Å². The van der Waals surface area contributed by atoms with Crippen LogP contribution in [0.25, 0.3) is 6.08 Å². The largest absolute Gasteiger partial charge is 0.464 e. The number of rotatable bonds is 4. The van der Waals surface area contributed by atoms with Crippen LogP contribution in [0.1, 0.15) is 69.9 Å². The number of aryl methyl sites for hydroxylation is 1. The predicted octanol–water partition coefficient (Wildman–Crippen LogP) is 2.48. The number of urea groups is 1. The van der Waals surface area contributed by atoms with Crippen molar-refractivity contribution in [2.24, 2.45) is 11.7 Å². The summed E-state index contributed by atoms with van der Waals surface area (Å²) in [5.41, 5.74) is 7.15. The molecule has 5 unspecified atom stereocenters. The molecule has 6 rings (SSSR count). The Labute approximate surface area is 328 Å². The van der Waals surface area contributed by atoms with Crippen LogP contribution in [0.15, 0.2) is 66.9 Å². The lowest BCUT2D eigenvalue weighted by Gasteiger charge is -2.38. The molecule has 4 aliphatic rings. The maximum atomic E-state index is 13.4. The van der Waals surface area contributed by atoms with Crippen molar-refractivity contribution in [3.8, 4) is 0 Å². The lowest BCUT2D eigenvalue weighted by Crippen LogP contribution is -2.59. The molecule has 56 heavy (non-hydrogen) atoms. The summed E-state index contributed by atoms with van der Waals surface area (Å²) in [5.74, 6) is -2.13. The van der Waals surface area contributed by atoms with E-state index >= 15 is 0 Å². The fourth-order valence-electron chi connectivity index (χ4n) is 7.12. The molecule has 7 amide bonds. The lowest BCUT2D eigenvalue weighted by atomic mass is 9.99. The molecule has 302 valence electrons. The third kappa shape index (κ3) is 12.7. The minimum Gasteiger partial charge on any atom is -0.464 e. The molecular weight excluding hydrogens is 718 g/mol. The molecule has 5 N–H and O–H groups in total. The summed E-state index contributed by atoms with van der Waals surface area (Å²) in [5, 5.41) is 7.53. The van der Waals surface area contributed by atoms with Gasteiger partial charge in [0.1, 0.15) is 30.8 Å². The van der Waals surface area contributed by atoms with Gasteiger partial charge in [-0.05, 0) is 69.9 Å². The molecule has 5 atom stereocenters. The van der Waals surface area contributed by atoms with Crippen molar-refractivity contribution in [2.45, 2.75) is 89.9 Å². The van der Waals surface area contributed by atoms with Crippen molar-refractivity contribution in [1.82, 2.24) is 30.7 Å². The number of nitrogens with two attached hydrogens (primary N) is 1. The van der Waals surface area contributed by atoms with Gasteiger partial charge in [0.05, 0.1) is 13.0 Å².